The fraction of sp³-hybridized carbons (Fsp3) is 0. The molecule has 2 N–H and O–H groups in total. The minimum absolute atomic E-state index is 0.0170. The summed E-state index contributed by atoms with van der Waals surface area (Å²) >= 11 is 3.43. The zero-order valence-electron chi connectivity index (χ0n) is 10.4. The van der Waals surface area contributed by atoms with Crippen LogP contribution in [0.3, 0.4) is 0 Å². The van der Waals surface area contributed by atoms with Crippen LogP contribution in [0.5, 0.6) is 11.5 Å². The number of ether oxygens (including phenoxy) is 1. The molecule has 3 rings (SSSR count). The van der Waals surface area contributed by atoms with Gasteiger partial charge in [0.1, 0.15) is 17.3 Å². The molecular weight excluding hydrogens is 321 g/mol. The second kappa shape index (κ2) is 5.13. The van der Waals surface area contributed by atoms with Gasteiger partial charge in [0, 0.05) is 4.47 Å². The highest BCUT2D eigenvalue weighted by Gasteiger charge is 2.07. The largest absolute Gasteiger partial charge is 0.455 e. The van der Waals surface area contributed by atoms with Crippen molar-refractivity contribution in [3.8, 4) is 11.5 Å². The Balaban J connectivity index is 1.99. The highest BCUT2D eigenvalue weighted by molar-refractivity contribution is 9.10. The summed E-state index contributed by atoms with van der Waals surface area (Å²) < 4.78 is 20.0. The molecule has 0 amide bonds. The third-order valence-corrected chi connectivity index (χ3v) is 3.51. The number of rotatable bonds is 2. The molecule has 4 heteroatoms. The predicted molar refractivity (Wildman–Crippen MR) is 82.5 cm³/mol. The van der Waals surface area contributed by atoms with Gasteiger partial charge in [0.15, 0.2) is 5.75 Å². The molecule has 0 aliphatic rings. The van der Waals surface area contributed by atoms with E-state index in [2.05, 4.69) is 15.9 Å². The minimum Gasteiger partial charge on any atom is -0.455 e. The van der Waals surface area contributed by atoms with Gasteiger partial charge < -0.3 is 10.5 Å². The van der Waals surface area contributed by atoms with Crippen LogP contribution < -0.4 is 10.5 Å². The van der Waals surface area contributed by atoms with E-state index in [0.29, 0.717) is 11.5 Å². The Morgan fingerprint density at radius 1 is 0.950 bits per heavy atom. The van der Waals surface area contributed by atoms with Crippen molar-refractivity contribution in [3.05, 3.63) is 64.9 Å². The van der Waals surface area contributed by atoms with Crippen LogP contribution in [0, 0.1) is 5.82 Å². The van der Waals surface area contributed by atoms with Crippen molar-refractivity contribution in [2.24, 2.45) is 0 Å². The summed E-state index contributed by atoms with van der Waals surface area (Å²) in [6.07, 6.45) is 0. The highest BCUT2D eigenvalue weighted by atomic mass is 79.9. The lowest BCUT2D eigenvalue weighted by Crippen LogP contribution is -1.95. The van der Waals surface area contributed by atoms with Crippen LogP contribution >= 0.6 is 15.9 Å². The van der Waals surface area contributed by atoms with Gasteiger partial charge >= 0.3 is 0 Å². The van der Waals surface area contributed by atoms with Crippen LogP contribution in [0.15, 0.2) is 59.1 Å². The van der Waals surface area contributed by atoms with E-state index in [1.54, 1.807) is 12.1 Å². The zero-order chi connectivity index (χ0) is 14.1. The number of fused-ring (bicyclic) bond motifs is 1. The second-order valence-electron chi connectivity index (χ2n) is 4.41. The number of hydrogen-bond donors (Lipinski definition) is 1. The van der Waals surface area contributed by atoms with Gasteiger partial charge in [-0.05, 0) is 47.2 Å². The summed E-state index contributed by atoms with van der Waals surface area (Å²) in [4.78, 5) is 0. The molecule has 0 heterocycles. The molecule has 3 aromatic rings. The Morgan fingerprint density at radius 2 is 1.70 bits per heavy atom. The molecule has 2 nitrogen and oxygen atoms in total. The zero-order valence-corrected chi connectivity index (χ0v) is 12.0. The van der Waals surface area contributed by atoms with Crippen molar-refractivity contribution < 1.29 is 9.13 Å². The maximum atomic E-state index is 13.4. The average molecular weight is 332 g/mol. The van der Waals surface area contributed by atoms with E-state index >= 15 is 0 Å². The first-order valence-electron chi connectivity index (χ1n) is 6.04. The van der Waals surface area contributed by atoms with E-state index in [0.717, 1.165) is 15.2 Å². The topological polar surface area (TPSA) is 35.2 Å². The Hall–Kier alpha value is -2.07. The van der Waals surface area contributed by atoms with Crippen molar-refractivity contribution in [1.29, 1.82) is 0 Å². The molecule has 0 saturated heterocycles. The van der Waals surface area contributed by atoms with Crippen molar-refractivity contribution >= 4 is 32.4 Å². The lowest BCUT2D eigenvalue weighted by molar-refractivity contribution is 0.481. The molecule has 0 fully saturated rings. The van der Waals surface area contributed by atoms with Crippen molar-refractivity contribution in [1.82, 2.24) is 0 Å². The van der Waals surface area contributed by atoms with Gasteiger partial charge in [-0.3, -0.25) is 0 Å². The maximum absolute atomic E-state index is 13.4. The molecule has 0 saturated carbocycles. The third kappa shape index (κ3) is 2.47. The summed E-state index contributed by atoms with van der Waals surface area (Å²) in [7, 11) is 0. The first-order chi connectivity index (χ1) is 9.63. The molecule has 0 aromatic heterocycles. The van der Waals surface area contributed by atoms with Crippen LogP contribution in [0.2, 0.25) is 0 Å². The Labute approximate surface area is 124 Å². The fourth-order valence-corrected chi connectivity index (χ4v) is 2.37. The molecular formula is C16H11BrFNO. The number of hydrogen-bond acceptors (Lipinski definition) is 2. The summed E-state index contributed by atoms with van der Waals surface area (Å²) in [6.45, 7) is 0. The van der Waals surface area contributed by atoms with E-state index in [1.807, 2.05) is 36.4 Å². The normalized spacial score (nSPS) is 10.7. The molecule has 100 valence electrons. The van der Waals surface area contributed by atoms with Gasteiger partial charge in [0.2, 0.25) is 0 Å². The Morgan fingerprint density at radius 3 is 2.55 bits per heavy atom. The number of nitrogens with two attached hydrogens (primary N) is 1. The lowest BCUT2D eigenvalue weighted by Gasteiger charge is -2.09. The van der Waals surface area contributed by atoms with Gasteiger partial charge in [0.05, 0.1) is 0 Å². The summed E-state index contributed by atoms with van der Waals surface area (Å²) in [5.74, 6) is 0.464. The SMILES string of the molecule is Nc1c(F)cccc1Oc1ccc2cc(Br)ccc2c1. The minimum atomic E-state index is -0.479. The molecule has 3 aromatic carbocycles. The summed E-state index contributed by atoms with van der Waals surface area (Å²) in [5.41, 5.74) is 5.67. The first-order valence-corrected chi connectivity index (χ1v) is 6.84. The smallest absolute Gasteiger partial charge is 0.153 e. The van der Waals surface area contributed by atoms with Gasteiger partial charge in [0.25, 0.3) is 0 Å². The molecule has 0 bridgehead atoms. The summed E-state index contributed by atoms with van der Waals surface area (Å²) in [5, 5.41) is 2.14. The van der Waals surface area contributed by atoms with Gasteiger partial charge in [-0.25, -0.2) is 4.39 Å². The van der Waals surface area contributed by atoms with E-state index in [9.17, 15) is 4.39 Å². The van der Waals surface area contributed by atoms with E-state index < -0.39 is 5.82 Å². The molecule has 0 atom stereocenters. The van der Waals surface area contributed by atoms with Crippen LogP contribution in [0.4, 0.5) is 10.1 Å². The van der Waals surface area contributed by atoms with Crippen molar-refractivity contribution in [2.75, 3.05) is 5.73 Å². The Kier molecular flexibility index (Phi) is 3.32. The number of para-hydroxylation sites is 1. The second-order valence-corrected chi connectivity index (χ2v) is 5.32. The quantitative estimate of drug-likeness (QED) is 0.662. The molecule has 0 aliphatic heterocycles. The summed E-state index contributed by atoms with van der Waals surface area (Å²) in [6, 6.07) is 16.2. The van der Waals surface area contributed by atoms with Gasteiger partial charge in [-0.1, -0.05) is 34.1 Å². The molecule has 0 spiro atoms. The van der Waals surface area contributed by atoms with Crippen LogP contribution in [0.25, 0.3) is 10.8 Å². The number of benzene rings is 3. The molecule has 0 aliphatic carbocycles. The van der Waals surface area contributed by atoms with Crippen molar-refractivity contribution in [2.45, 2.75) is 0 Å². The Bertz CT molecular complexity index is 789. The van der Waals surface area contributed by atoms with Gasteiger partial charge in [-0.15, -0.1) is 0 Å². The third-order valence-electron chi connectivity index (χ3n) is 3.01. The lowest BCUT2D eigenvalue weighted by atomic mass is 10.1. The van der Waals surface area contributed by atoms with Crippen molar-refractivity contribution in [3.63, 3.8) is 0 Å². The number of halogens is 2. The molecule has 0 radical (unpaired) electrons. The number of anilines is 1. The monoisotopic (exact) mass is 331 g/mol. The van der Waals surface area contributed by atoms with E-state index in [1.165, 1.54) is 6.07 Å². The van der Waals surface area contributed by atoms with E-state index in [-0.39, 0.29) is 5.69 Å². The maximum Gasteiger partial charge on any atom is 0.153 e. The predicted octanol–water partition coefficient (Wildman–Crippen LogP) is 5.12. The van der Waals surface area contributed by atoms with E-state index in [4.69, 9.17) is 10.5 Å². The highest BCUT2D eigenvalue weighted by Crippen LogP contribution is 2.31. The standard InChI is InChI=1S/C16H11BrFNO/c17-12-6-4-11-9-13(7-5-10(11)8-12)20-15-3-1-2-14(18)16(15)19/h1-9H,19H2. The van der Waals surface area contributed by atoms with Crippen LogP contribution in [-0.4, -0.2) is 0 Å². The van der Waals surface area contributed by atoms with Crippen LogP contribution in [-0.2, 0) is 0 Å². The fourth-order valence-electron chi connectivity index (χ4n) is 1.99. The number of nitrogen functional groups attached to an aromatic ring is 1. The van der Waals surface area contributed by atoms with Gasteiger partial charge in [-0.2, -0.15) is 0 Å². The molecule has 20 heavy (non-hydrogen) atoms. The molecule has 0 unspecified atom stereocenters. The van der Waals surface area contributed by atoms with Crippen LogP contribution in [0.1, 0.15) is 0 Å². The first kappa shape index (κ1) is 12.9. The average Bonchev–Trinajstić information content (AvgIpc) is 2.44.